The average molecular weight is 253 g/mol. The lowest BCUT2D eigenvalue weighted by Crippen LogP contribution is -2.34. The number of hydrogen-bond acceptors (Lipinski definition) is 2. The fraction of sp³-hybridized carbons (Fsp3) is 0.692. The summed E-state index contributed by atoms with van der Waals surface area (Å²) in [6.45, 7) is 1.14. The third-order valence-corrected chi connectivity index (χ3v) is 3.10. The number of carbonyl (C=O) groups excluding carboxylic acids is 2. The number of amides is 3. The molecule has 1 fully saturated rings. The van der Waals surface area contributed by atoms with Crippen molar-refractivity contribution >= 4 is 12.4 Å². The molecule has 3 amide bonds. The SMILES string of the molecule is O=CNCCCNC(=O)N/C=C/C1CCCCC1. The zero-order chi connectivity index (χ0) is 13.1. The summed E-state index contributed by atoms with van der Waals surface area (Å²) in [5.41, 5.74) is 0. The van der Waals surface area contributed by atoms with Crippen LogP contribution in [-0.4, -0.2) is 25.5 Å². The van der Waals surface area contributed by atoms with Crippen LogP contribution in [0.4, 0.5) is 4.79 Å². The van der Waals surface area contributed by atoms with Gasteiger partial charge in [-0.25, -0.2) is 4.79 Å². The first-order chi connectivity index (χ1) is 8.83. The van der Waals surface area contributed by atoms with Gasteiger partial charge in [-0.15, -0.1) is 0 Å². The lowest BCUT2D eigenvalue weighted by Gasteiger charge is -2.17. The predicted octanol–water partition coefficient (Wildman–Crippen LogP) is 1.52. The van der Waals surface area contributed by atoms with Gasteiger partial charge in [0.1, 0.15) is 0 Å². The van der Waals surface area contributed by atoms with E-state index in [4.69, 9.17) is 0 Å². The monoisotopic (exact) mass is 253 g/mol. The van der Waals surface area contributed by atoms with Gasteiger partial charge in [-0.2, -0.15) is 0 Å². The van der Waals surface area contributed by atoms with Gasteiger partial charge in [-0.3, -0.25) is 4.79 Å². The van der Waals surface area contributed by atoms with Crippen LogP contribution in [0.1, 0.15) is 38.5 Å². The van der Waals surface area contributed by atoms with E-state index in [-0.39, 0.29) is 6.03 Å². The van der Waals surface area contributed by atoms with Gasteiger partial charge in [0.15, 0.2) is 0 Å². The Morgan fingerprint density at radius 2 is 1.94 bits per heavy atom. The maximum atomic E-state index is 11.4. The molecular weight excluding hydrogens is 230 g/mol. The normalized spacial score (nSPS) is 16.4. The third kappa shape index (κ3) is 6.93. The van der Waals surface area contributed by atoms with E-state index >= 15 is 0 Å². The largest absolute Gasteiger partial charge is 0.359 e. The third-order valence-electron chi connectivity index (χ3n) is 3.10. The van der Waals surface area contributed by atoms with Crippen molar-refractivity contribution in [2.45, 2.75) is 38.5 Å². The average Bonchev–Trinajstić information content (AvgIpc) is 2.40. The number of rotatable bonds is 7. The Kier molecular flexibility index (Phi) is 7.68. The van der Waals surface area contributed by atoms with E-state index in [0.717, 1.165) is 6.42 Å². The summed E-state index contributed by atoms with van der Waals surface area (Å²) in [4.78, 5) is 21.3. The molecule has 1 rings (SSSR count). The summed E-state index contributed by atoms with van der Waals surface area (Å²) in [7, 11) is 0. The minimum Gasteiger partial charge on any atom is -0.359 e. The number of nitrogens with one attached hydrogen (secondary N) is 3. The first-order valence-corrected chi connectivity index (χ1v) is 6.71. The molecule has 0 heterocycles. The van der Waals surface area contributed by atoms with Gasteiger partial charge in [-0.05, 0) is 25.2 Å². The Labute approximate surface area is 108 Å². The molecule has 1 saturated carbocycles. The molecule has 5 heteroatoms. The predicted molar refractivity (Wildman–Crippen MR) is 70.9 cm³/mol. The fourth-order valence-electron chi connectivity index (χ4n) is 2.09. The molecule has 0 spiro atoms. The summed E-state index contributed by atoms with van der Waals surface area (Å²) in [5.74, 6) is 0.621. The van der Waals surface area contributed by atoms with Crippen LogP contribution in [0.25, 0.3) is 0 Å². The number of hydrogen-bond donors (Lipinski definition) is 3. The van der Waals surface area contributed by atoms with Crippen LogP contribution < -0.4 is 16.0 Å². The minimum absolute atomic E-state index is 0.187. The second-order valence-electron chi connectivity index (χ2n) is 4.58. The van der Waals surface area contributed by atoms with E-state index in [1.54, 1.807) is 6.20 Å². The van der Waals surface area contributed by atoms with Crippen LogP contribution in [0, 0.1) is 5.92 Å². The van der Waals surface area contributed by atoms with E-state index in [0.29, 0.717) is 25.4 Å². The molecule has 0 unspecified atom stereocenters. The molecule has 1 aliphatic rings. The van der Waals surface area contributed by atoms with Crippen molar-refractivity contribution in [3.8, 4) is 0 Å². The summed E-state index contributed by atoms with van der Waals surface area (Å²) in [6, 6.07) is -0.187. The summed E-state index contributed by atoms with van der Waals surface area (Å²) < 4.78 is 0. The molecule has 0 saturated heterocycles. The standard InChI is InChI=1S/C13H23N3O2/c17-11-14-8-4-9-15-13(18)16-10-7-12-5-2-1-3-6-12/h7,10-12H,1-6,8-9H2,(H,14,17)(H2,15,16,18)/b10-7+. The van der Waals surface area contributed by atoms with Crippen molar-refractivity contribution in [1.82, 2.24) is 16.0 Å². The molecule has 0 bridgehead atoms. The van der Waals surface area contributed by atoms with E-state index < -0.39 is 0 Å². The molecule has 0 aliphatic heterocycles. The Hall–Kier alpha value is -1.52. The number of allylic oxidation sites excluding steroid dienone is 1. The highest BCUT2D eigenvalue weighted by Gasteiger charge is 2.09. The van der Waals surface area contributed by atoms with Crippen molar-refractivity contribution < 1.29 is 9.59 Å². The first kappa shape index (κ1) is 14.5. The topological polar surface area (TPSA) is 70.2 Å². The van der Waals surface area contributed by atoms with Crippen molar-refractivity contribution in [2.24, 2.45) is 5.92 Å². The zero-order valence-electron chi connectivity index (χ0n) is 10.8. The Morgan fingerprint density at radius 1 is 1.17 bits per heavy atom. The van der Waals surface area contributed by atoms with Crippen LogP contribution in [0.2, 0.25) is 0 Å². The molecule has 0 aromatic rings. The fourth-order valence-corrected chi connectivity index (χ4v) is 2.09. The van der Waals surface area contributed by atoms with Gasteiger partial charge in [0.25, 0.3) is 0 Å². The molecule has 0 aromatic heterocycles. The lowest BCUT2D eigenvalue weighted by molar-refractivity contribution is -0.109. The second-order valence-corrected chi connectivity index (χ2v) is 4.58. The van der Waals surface area contributed by atoms with E-state index in [2.05, 4.69) is 22.0 Å². The van der Waals surface area contributed by atoms with Gasteiger partial charge in [0, 0.05) is 19.3 Å². The first-order valence-electron chi connectivity index (χ1n) is 6.71. The highest BCUT2D eigenvalue weighted by Crippen LogP contribution is 2.24. The van der Waals surface area contributed by atoms with E-state index in [9.17, 15) is 9.59 Å². The van der Waals surface area contributed by atoms with Crippen molar-refractivity contribution in [3.63, 3.8) is 0 Å². The van der Waals surface area contributed by atoms with Gasteiger partial charge >= 0.3 is 6.03 Å². The molecule has 0 radical (unpaired) electrons. The van der Waals surface area contributed by atoms with Gasteiger partial charge in [-0.1, -0.05) is 25.3 Å². The highest BCUT2D eigenvalue weighted by molar-refractivity contribution is 5.74. The number of urea groups is 1. The van der Waals surface area contributed by atoms with E-state index in [1.807, 2.05) is 0 Å². The lowest BCUT2D eigenvalue weighted by atomic mass is 9.89. The Bertz CT molecular complexity index is 273. The molecule has 3 N–H and O–H groups in total. The Morgan fingerprint density at radius 3 is 2.67 bits per heavy atom. The van der Waals surface area contributed by atoms with E-state index in [1.165, 1.54) is 32.1 Å². The Balaban J connectivity index is 2.01. The summed E-state index contributed by atoms with van der Waals surface area (Å²) in [6.07, 6.45) is 11.6. The smallest absolute Gasteiger partial charge is 0.318 e. The second kappa shape index (κ2) is 9.50. The van der Waals surface area contributed by atoms with Crippen molar-refractivity contribution in [3.05, 3.63) is 12.3 Å². The van der Waals surface area contributed by atoms with Crippen molar-refractivity contribution in [1.29, 1.82) is 0 Å². The van der Waals surface area contributed by atoms with Crippen LogP contribution >= 0.6 is 0 Å². The molecular formula is C13H23N3O2. The minimum atomic E-state index is -0.187. The zero-order valence-corrected chi connectivity index (χ0v) is 10.8. The molecule has 0 aromatic carbocycles. The summed E-state index contributed by atoms with van der Waals surface area (Å²) in [5, 5.41) is 7.96. The maximum Gasteiger partial charge on any atom is 0.318 e. The summed E-state index contributed by atoms with van der Waals surface area (Å²) >= 11 is 0. The molecule has 0 atom stereocenters. The number of carbonyl (C=O) groups is 2. The van der Waals surface area contributed by atoms with Gasteiger partial charge < -0.3 is 16.0 Å². The van der Waals surface area contributed by atoms with Crippen LogP contribution in [0.3, 0.4) is 0 Å². The van der Waals surface area contributed by atoms with Crippen LogP contribution in [0.15, 0.2) is 12.3 Å². The maximum absolute atomic E-state index is 11.4. The van der Waals surface area contributed by atoms with Gasteiger partial charge in [0.05, 0.1) is 0 Å². The quantitative estimate of drug-likeness (QED) is 0.475. The molecule has 5 nitrogen and oxygen atoms in total. The van der Waals surface area contributed by atoms with Crippen molar-refractivity contribution in [2.75, 3.05) is 13.1 Å². The van der Waals surface area contributed by atoms with Crippen LogP contribution in [-0.2, 0) is 4.79 Å². The molecule has 102 valence electrons. The van der Waals surface area contributed by atoms with Crippen LogP contribution in [0.5, 0.6) is 0 Å². The highest BCUT2D eigenvalue weighted by atomic mass is 16.2. The van der Waals surface area contributed by atoms with Gasteiger partial charge in [0.2, 0.25) is 6.41 Å². The molecule has 1 aliphatic carbocycles. The molecule has 18 heavy (non-hydrogen) atoms.